The largest absolute Gasteiger partial charge is 0.462 e. The van der Waals surface area contributed by atoms with E-state index in [1.54, 1.807) is 39.8 Å². The van der Waals surface area contributed by atoms with E-state index in [0.29, 0.717) is 9.75 Å². The first-order chi connectivity index (χ1) is 11.1. The van der Waals surface area contributed by atoms with E-state index < -0.39 is 29.9 Å². The second kappa shape index (κ2) is 9.00. The predicted molar refractivity (Wildman–Crippen MR) is 90.1 cm³/mol. The number of hydrogen-bond acceptors (Lipinski definition) is 7. The number of carbonyl (C=O) groups is 2. The van der Waals surface area contributed by atoms with Crippen LogP contribution >= 0.6 is 11.3 Å². The van der Waals surface area contributed by atoms with Gasteiger partial charge in [0.2, 0.25) is 0 Å². The first-order valence-electron chi connectivity index (χ1n) is 7.74. The molecule has 0 bridgehead atoms. The third kappa shape index (κ3) is 6.86. The molecular weight excluding hydrogens is 334 g/mol. The van der Waals surface area contributed by atoms with Crippen LogP contribution in [0.15, 0.2) is 12.1 Å². The highest BCUT2D eigenvalue weighted by atomic mass is 32.1. The van der Waals surface area contributed by atoms with Crippen LogP contribution in [0.1, 0.15) is 54.8 Å². The molecule has 0 aliphatic carbocycles. The van der Waals surface area contributed by atoms with Crippen LogP contribution in [0, 0.1) is 0 Å². The monoisotopic (exact) mass is 359 g/mol. The van der Waals surface area contributed by atoms with Crippen molar-refractivity contribution in [1.29, 1.82) is 0 Å². The molecule has 0 radical (unpaired) electrons. The number of alkyl carbamates (subject to hydrolysis) is 1. The van der Waals surface area contributed by atoms with Crippen LogP contribution in [0.5, 0.6) is 0 Å². The summed E-state index contributed by atoms with van der Waals surface area (Å²) < 4.78 is 9.95. The van der Waals surface area contributed by atoms with Crippen molar-refractivity contribution >= 4 is 23.4 Å². The third-order valence-corrected chi connectivity index (χ3v) is 4.00. The predicted octanol–water partition coefficient (Wildman–Crippen LogP) is 2.23. The Kier molecular flexibility index (Phi) is 7.65. The highest BCUT2D eigenvalue weighted by Gasteiger charge is 2.22. The zero-order valence-electron chi connectivity index (χ0n) is 14.4. The first kappa shape index (κ1) is 20.4. The van der Waals surface area contributed by atoms with Gasteiger partial charge in [0.25, 0.3) is 0 Å². The molecular formula is C16H25NO6S. The average molecular weight is 359 g/mol. The molecule has 2 unspecified atom stereocenters. The van der Waals surface area contributed by atoms with Gasteiger partial charge in [-0.2, -0.15) is 0 Å². The van der Waals surface area contributed by atoms with Gasteiger partial charge in [-0.15, -0.1) is 11.3 Å². The molecule has 0 aromatic carbocycles. The molecule has 0 saturated carbocycles. The number of amides is 1. The van der Waals surface area contributed by atoms with Crippen LogP contribution in [0.4, 0.5) is 4.79 Å². The third-order valence-electron chi connectivity index (χ3n) is 2.87. The van der Waals surface area contributed by atoms with Crippen molar-refractivity contribution in [1.82, 2.24) is 5.32 Å². The van der Waals surface area contributed by atoms with Crippen molar-refractivity contribution in [2.75, 3.05) is 13.2 Å². The molecule has 1 amide bonds. The highest BCUT2D eigenvalue weighted by Crippen LogP contribution is 2.27. The van der Waals surface area contributed by atoms with Gasteiger partial charge >= 0.3 is 12.1 Å². The summed E-state index contributed by atoms with van der Waals surface area (Å²) in [6.07, 6.45) is -2.65. The van der Waals surface area contributed by atoms with Crippen molar-refractivity contribution in [2.45, 2.75) is 51.9 Å². The van der Waals surface area contributed by atoms with E-state index in [4.69, 9.17) is 9.47 Å². The van der Waals surface area contributed by atoms with E-state index in [1.807, 2.05) is 0 Å². The van der Waals surface area contributed by atoms with E-state index in [-0.39, 0.29) is 19.6 Å². The van der Waals surface area contributed by atoms with Gasteiger partial charge in [-0.05, 0) is 46.2 Å². The minimum Gasteiger partial charge on any atom is -0.462 e. The van der Waals surface area contributed by atoms with Crippen LogP contribution in [-0.2, 0) is 9.47 Å². The number of aliphatic hydroxyl groups is 2. The number of aliphatic hydroxyl groups excluding tert-OH is 2. The van der Waals surface area contributed by atoms with Gasteiger partial charge in [0, 0.05) is 11.4 Å². The van der Waals surface area contributed by atoms with Crippen LogP contribution in [0.3, 0.4) is 0 Å². The lowest BCUT2D eigenvalue weighted by atomic mass is 10.1. The Morgan fingerprint density at radius 3 is 2.54 bits per heavy atom. The van der Waals surface area contributed by atoms with Crippen molar-refractivity contribution in [2.24, 2.45) is 0 Å². The van der Waals surface area contributed by atoms with Crippen LogP contribution in [0.25, 0.3) is 0 Å². The van der Waals surface area contributed by atoms with Crippen molar-refractivity contribution in [3.8, 4) is 0 Å². The summed E-state index contributed by atoms with van der Waals surface area (Å²) in [5, 5.41) is 22.7. The fraction of sp³-hybridized carbons (Fsp3) is 0.625. The SMILES string of the molecule is CCOC(=O)c1ccc(C(O)C(O)CCNC(=O)OC(C)(C)C)s1. The van der Waals surface area contributed by atoms with Gasteiger partial charge < -0.3 is 25.0 Å². The minimum absolute atomic E-state index is 0.146. The second-order valence-electron chi connectivity index (χ2n) is 6.15. The molecule has 24 heavy (non-hydrogen) atoms. The molecule has 0 aliphatic heterocycles. The van der Waals surface area contributed by atoms with E-state index in [0.717, 1.165) is 11.3 Å². The normalized spacial score (nSPS) is 13.9. The Balaban J connectivity index is 2.46. The summed E-state index contributed by atoms with van der Waals surface area (Å²) in [6, 6.07) is 3.12. The Hall–Kier alpha value is -1.64. The average Bonchev–Trinajstić information content (AvgIpc) is 2.94. The molecule has 3 N–H and O–H groups in total. The van der Waals surface area contributed by atoms with Crippen LogP contribution in [0.2, 0.25) is 0 Å². The van der Waals surface area contributed by atoms with Gasteiger partial charge in [-0.3, -0.25) is 0 Å². The number of esters is 1. The molecule has 1 rings (SSSR count). The highest BCUT2D eigenvalue weighted by molar-refractivity contribution is 7.14. The number of ether oxygens (including phenoxy) is 2. The quantitative estimate of drug-likeness (QED) is 0.645. The van der Waals surface area contributed by atoms with Crippen LogP contribution in [-0.4, -0.2) is 47.1 Å². The van der Waals surface area contributed by atoms with Crippen LogP contribution < -0.4 is 5.32 Å². The topological polar surface area (TPSA) is 105 Å². The fourth-order valence-electron chi connectivity index (χ4n) is 1.81. The summed E-state index contributed by atoms with van der Waals surface area (Å²) >= 11 is 1.07. The number of carbonyl (C=O) groups excluding carboxylic acids is 2. The zero-order valence-corrected chi connectivity index (χ0v) is 15.2. The Bertz CT molecular complexity index is 551. The Morgan fingerprint density at radius 2 is 1.96 bits per heavy atom. The summed E-state index contributed by atoms with van der Waals surface area (Å²) in [5.41, 5.74) is -0.595. The van der Waals surface area contributed by atoms with Crippen molar-refractivity contribution < 1.29 is 29.3 Å². The van der Waals surface area contributed by atoms with Gasteiger partial charge in [0.15, 0.2) is 0 Å². The zero-order chi connectivity index (χ0) is 18.3. The standard InChI is InChI=1S/C16H25NO6S/c1-5-22-14(20)12-7-6-11(24-12)13(19)10(18)8-9-17-15(21)23-16(2,3)4/h6-7,10,13,18-19H,5,8-9H2,1-4H3,(H,17,21). The first-order valence-corrected chi connectivity index (χ1v) is 8.55. The summed E-state index contributed by atoms with van der Waals surface area (Å²) in [5.74, 6) is -0.456. The maximum atomic E-state index is 11.6. The molecule has 1 aromatic heterocycles. The molecule has 0 spiro atoms. The molecule has 1 aromatic rings. The molecule has 0 saturated heterocycles. The van der Waals surface area contributed by atoms with Gasteiger partial charge in [-0.1, -0.05) is 0 Å². The maximum Gasteiger partial charge on any atom is 0.407 e. The lowest BCUT2D eigenvalue weighted by Gasteiger charge is -2.20. The fourth-order valence-corrected chi connectivity index (χ4v) is 2.75. The number of nitrogens with one attached hydrogen (secondary N) is 1. The van der Waals surface area contributed by atoms with E-state index in [9.17, 15) is 19.8 Å². The summed E-state index contributed by atoms with van der Waals surface area (Å²) in [4.78, 5) is 23.9. The van der Waals surface area contributed by atoms with Gasteiger partial charge in [-0.25, -0.2) is 9.59 Å². The molecule has 1 heterocycles. The number of hydrogen-bond donors (Lipinski definition) is 3. The van der Waals surface area contributed by atoms with E-state index >= 15 is 0 Å². The molecule has 0 aliphatic rings. The van der Waals surface area contributed by atoms with Gasteiger partial charge in [0.05, 0.1) is 12.7 Å². The lowest BCUT2D eigenvalue weighted by Crippen LogP contribution is -2.34. The van der Waals surface area contributed by atoms with Crippen molar-refractivity contribution in [3.63, 3.8) is 0 Å². The van der Waals surface area contributed by atoms with Gasteiger partial charge in [0.1, 0.15) is 16.6 Å². The molecule has 7 nitrogen and oxygen atoms in total. The van der Waals surface area contributed by atoms with Crippen molar-refractivity contribution in [3.05, 3.63) is 21.9 Å². The summed E-state index contributed by atoms with van der Waals surface area (Å²) in [6.45, 7) is 7.40. The molecule has 0 fully saturated rings. The lowest BCUT2D eigenvalue weighted by molar-refractivity contribution is 0.0143. The molecule has 8 heteroatoms. The van der Waals surface area contributed by atoms with E-state index in [1.165, 1.54) is 0 Å². The minimum atomic E-state index is -1.14. The Labute approximate surface area is 145 Å². The maximum absolute atomic E-state index is 11.6. The number of rotatable bonds is 7. The molecule has 136 valence electrons. The smallest absolute Gasteiger partial charge is 0.407 e. The number of thiophene rings is 1. The van der Waals surface area contributed by atoms with E-state index in [2.05, 4.69) is 5.32 Å². The Morgan fingerprint density at radius 1 is 1.29 bits per heavy atom. The second-order valence-corrected chi connectivity index (χ2v) is 7.27. The summed E-state index contributed by atoms with van der Waals surface area (Å²) in [7, 11) is 0. The molecule has 2 atom stereocenters.